The second-order valence-corrected chi connectivity index (χ2v) is 5.13. The molecule has 0 atom stereocenters. The highest BCUT2D eigenvalue weighted by atomic mass is 79.9. The first-order chi connectivity index (χ1) is 8.70. The summed E-state index contributed by atoms with van der Waals surface area (Å²) < 4.78 is 5.71. The number of ether oxygens (including phenoxy) is 1. The Bertz CT molecular complexity index is 543. The number of hydrogen-bond acceptors (Lipinski definition) is 1. The molecule has 0 fully saturated rings. The third kappa shape index (κ3) is 3.41. The minimum absolute atomic E-state index is 0.408. The Kier molecular flexibility index (Phi) is 4.93. The molecule has 1 nitrogen and oxygen atoms in total. The topological polar surface area (TPSA) is 9.23 Å². The molecular formula is C14H11BrCl2O. The molecule has 0 heterocycles. The van der Waals surface area contributed by atoms with E-state index in [1.54, 1.807) is 6.07 Å². The Morgan fingerprint density at radius 1 is 1.06 bits per heavy atom. The zero-order valence-corrected chi connectivity index (χ0v) is 12.6. The Morgan fingerprint density at radius 3 is 2.61 bits per heavy atom. The predicted molar refractivity (Wildman–Crippen MR) is 79.9 cm³/mol. The van der Waals surface area contributed by atoms with E-state index in [0.717, 1.165) is 16.6 Å². The van der Waals surface area contributed by atoms with E-state index in [4.69, 9.17) is 27.9 Å². The Hall–Kier alpha value is -0.700. The van der Waals surface area contributed by atoms with Crippen LogP contribution in [0.3, 0.4) is 0 Å². The molecule has 0 aliphatic heterocycles. The molecule has 2 rings (SSSR count). The predicted octanol–water partition coefficient (Wildman–Crippen LogP) is 5.47. The van der Waals surface area contributed by atoms with Crippen LogP contribution in [0.5, 0.6) is 5.75 Å². The van der Waals surface area contributed by atoms with Crippen LogP contribution < -0.4 is 4.74 Å². The van der Waals surface area contributed by atoms with E-state index in [9.17, 15) is 0 Å². The van der Waals surface area contributed by atoms with Gasteiger partial charge in [0.05, 0.1) is 10.0 Å². The Morgan fingerprint density at radius 2 is 1.83 bits per heavy atom. The van der Waals surface area contributed by atoms with Crippen LogP contribution in [0.1, 0.15) is 11.1 Å². The fourth-order valence-corrected chi connectivity index (χ4v) is 2.26. The third-order valence-electron chi connectivity index (χ3n) is 2.48. The molecule has 0 amide bonds. The maximum Gasteiger partial charge on any atom is 0.120 e. The van der Waals surface area contributed by atoms with Gasteiger partial charge in [-0.15, -0.1) is 0 Å². The highest BCUT2D eigenvalue weighted by Gasteiger charge is 2.05. The molecule has 0 N–H and O–H groups in total. The molecule has 0 radical (unpaired) electrons. The number of halogens is 3. The zero-order chi connectivity index (χ0) is 13.0. The summed E-state index contributed by atoms with van der Waals surface area (Å²) in [5.41, 5.74) is 2.05. The standard InChI is InChI=1S/C14H11BrCl2O/c15-8-10-3-1-5-12(7-10)18-9-11-4-2-6-13(16)14(11)17/h1-7H,8-9H2. The molecule has 0 aliphatic rings. The van der Waals surface area contributed by atoms with E-state index in [-0.39, 0.29) is 0 Å². The van der Waals surface area contributed by atoms with E-state index in [2.05, 4.69) is 15.9 Å². The summed E-state index contributed by atoms with van der Waals surface area (Å²) >= 11 is 15.5. The SMILES string of the molecule is Clc1cccc(COc2cccc(CBr)c2)c1Cl. The first-order valence-electron chi connectivity index (χ1n) is 5.41. The van der Waals surface area contributed by atoms with Gasteiger partial charge in [0.25, 0.3) is 0 Å². The molecule has 0 spiro atoms. The fraction of sp³-hybridized carbons (Fsp3) is 0.143. The lowest BCUT2D eigenvalue weighted by Gasteiger charge is -2.09. The smallest absolute Gasteiger partial charge is 0.120 e. The van der Waals surface area contributed by atoms with Crippen molar-refractivity contribution >= 4 is 39.1 Å². The van der Waals surface area contributed by atoms with E-state index in [0.29, 0.717) is 16.7 Å². The van der Waals surface area contributed by atoms with E-state index in [1.807, 2.05) is 36.4 Å². The summed E-state index contributed by atoms with van der Waals surface area (Å²) in [6.45, 7) is 0.408. The van der Waals surface area contributed by atoms with Gasteiger partial charge in [0, 0.05) is 10.9 Å². The lowest BCUT2D eigenvalue weighted by Crippen LogP contribution is -1.96. The van der Waals surface area contributed by atoms with Crippen molar-refractivity contribution in [1.29, 1.82) is 0 Å². The summed E-state index contributed by atoms with van der Waals surface area (Å²) in [7, 11) is 0. The monoisotopic (exact) mass is 344 g/mol. The molecule has 0 saturated heterocycles. The summed E-state index contributed by atoms with van der Waals surface area (Å²) in [6, 6.07) is 13.4. The van der Waals surface area contributed by atoms with Crippen LogP contribution >= 0.6 is 39.1 Å². The zero-order valence-electron chi connectivity index (χ0n) is 9.50. The fourth-order valence-electron chi connectivity index (χ4n) is 1.54. The highest BCUT2D eigenvalue weighted by Crippen LogP contribution is 2.26. The molecule has 0 aromatic heterocycles. The van der Waals surface area contributed by atoms with Crippen molar-refractivity contribution in [3.8, 4) is 5.75 Å². The minimum atomic E-state index is 0.408. The average Bonchev–Trinajstić information content (AvgIpc) is 2.41. The summed E-state index contributed by atoms with van der Waals surface area (Å²) in [5.74, 6) is 0.822. The largest absolute Gasteiger partial charge is 0.489 e. The summed E-state index contributed by atoms with van der Waals surface area (Å²) in [4.78, 5) is 0. The van der Waals surface area contributed by atoms with Crippen molar-refractivity contribution in [1.82, 2.24) is 0 Å². The van der Waals surface area contributed by atoms with Crippen LogP contribution in [0.2, 0.25) is 10.0 Å². The molecule has 94 valence electrons. The number of hydrogen-bond donors (Lipinski definition) is 0. The van der Waals surface area contributed by atoms with Crippen LogP contribution in [0.25, 0.3) is 0 Å². The van der Waals surface area contributed by atoms with Gasteiger partial charge in [-0.3, -0.25) is 0 Å². The lowest BCUT2D eigenvalue weighted by molar-refractivity contribution is 0.306. The molecule has 0 bridgehead atoms. The molecule has 0 unspecified atom stereocenters. The molecule has 2 aromatic rings. The lowest BCUT2D eigenvalue weighted by atomic mass is 10.2. The van der Waals surface area contributed by atoms with Crippen LogP contribution in [0.4, 0.5) is 0 Å². The van der Waals surface area contributed by atoms with Gasteiger partial charge in [0.2, 0.25) is 0 Å². The van der Waals surface area contributed by atoms with E-state index < -0.39 is 0 Å². The third-order valence-corrected chi connectivity index (χ3v) is 3.98. The average molecular weight is 346 g/mol. The van der Waals surface area contributed by atoms with Gasteiger partial charge in [0.15, 0.2) is 0 Å². The van der Waals surface area contributed by atoms with Crippen molar-refractivity contribution in [3.63, 3.8) is 0 Å². The molecule has 0 saturated carbocycles. The van der Waals surface area contributed by atoms with Gasteiger partial charge >= 0.3 is 0 Å². The maximum atomic E-state index is 6.10. The number of rotatable bonds is 4. The van der Waals surface area contributed by atoms with Gasteiger partial charge in [0.1, 0.15) is 12.4 Å². The van der Waals surface area contributed by atoms with E-state index >= 15 is 0 Å². The van der Waals surface area contributed by atoms with Gasteiger partial charge in [-0.25, -0.2) is 0 Å². The van der Waals surface area contributed by atoms with Crippen LogP contribution in [-0.2, 0) is 11.9 Å². The maximum absolute atomic E-state index is 6.10. The molecule has 18 heavy (non-hydrogen) atoms. The van der Waals surface area contributed by atoms with Crippen LogP contribution in [-0.4, -0.2) is 0 Å². The first kappa shape index (κ1) is 13.7. The Balaban J connectivity index is 2.09. The molecule has 4 heteroatoms. The quantitative estimate of drug-likeness (QED) is 0.668. The normalized spacial score (nSPS) is 10.4. The van der Waals surface area contributed by atoms with E-state index in [1.165, 1.54) is 5.56 Å². The first-order valence-corrected chi connectivity index (χ1v) is 7.29. The number of alkyl halides is 1. The highest BCUT2D eigenvalue weighted by molar-refractivity contribution is 9.08. The van der Waals surface area contributed by atoms with Gasteiger partial charge in [-0.1, -0.05) is 63.4 Å². The van der Waals surface area contributed by atoms with Gasteiger partial charge in [-0.2, -0.15) is 0 Å². The van der Waals surface area contributed by atoms with Crippen LogP contribution in [0, 0.1) is 0 Å². The second-order valence-electron chi connectivity index (χ2n) is 3.78. The number of benzene rings is 2. The summed E-state index contributed by atoms with van der Waals surface area (Å²) in [5, 5.41) is 1.91. The molecular weight excluding hydrogens is 335 g/mol. The molecule has 2 aromatic carbocycles. The van der Waals surface area contributed by atoms with Gasteiger partial charge in [-0.05, 0) is 23.8 Å². The second kappa shape index (κ2) is 6.46. The van der Waals surface area contributed by atoms with Crippen molar-refractivity contribution in [2.45, 2.75) is 11.9 Å². The van der Waals surface area contributed by atoms with Crippen molar-refractivity contribution in [2.75, 3.05) is 0 Å². The minimum Gasteiger partial charge on any atom is -0.489 e. The van der Waals surface area contributed by atoms with Crippen molar-refractivity contribution in [2.24, 2.45) is 0 Å². The van der Waals surface area contributed by atoms with Crippen molar-refractivity contribution < 1.29 is 4.74 Å². The van der Waals surface area contributed by atoms with Crippen molar-refractivity contribution in [3.05, 3.63) is 63.6 Å². The molecule has 0 aliphatic carbocycles. The summed E-state index contributed by atoms with van der Waals surface area (Å²) in [6.07, 6.45) is 0. The van der Waals surface area contributed by atoms with Gasteiger partial charge < -0.3 is 4.74 Å². The Labute approximate surface area is 125 Å². The van der Waals surface area contributed by atoms with Crippen LogP contribution in [0.15, 0.2) is 42.5 Å².